The molecule has 4 rings (SSSR count). The van der Waals surface area contributed by atoms with Crippen molar-refractivity contribution in [3.8, 4) is 0 Å². The molecule has 1 amide bonds. The zero-order valence-electron chi connectivity index (χ0n) is 21.3. The molecule has 206 valence electrons. The van der Waals surface area contributed by atoms with Crippen LogP contribution in [0.15, 0.2) is 78.9 Å². The second kappa shape index (κ2) is 16.3. The molecule has 0 saturated carbocycles. The molecule has 1 fully saturated rings. The number of hydrogen-bond acceptors (Lipinski definition) is 3. The van der Waals surface area contributed by atoms with Crippen molar-refractivity contribution >= 4 is 53.9 Å². The number of rotatable bonds is 10. The van der Waals surface area contributed by atoms with Gasteiger partial charge in [0.2, 0.25) is 5.91 Å². The standard InChI is InChI=1S/C30H34Cl2N2O2.2ClH/c31-28-12-11-26(20-29(28)32)27(21-34(22-35)30(36)19-23-7-3-1-4-8-23)15-18-33-16-13-25(14-17-33)24-9-5-2-6-10-24;;/h1-12,20,25,27,35H,13-19,21-22H2;2*1H. The molecule has 3 aromatic rings. The van der Waals surface area contributed by atoms with E-state index < -0.39 is 0 Å². The molecule has 1 saturated heterocycles. The van der Waals surface area contributed by atoms with Crippen LogP contribution in [0.1, 0.15) is 47.8 Å². The van der Waals surface area contributed by atoms with E-state index in [-0.39, 0.29) is 49.8 Å². The highest BCUT2D eigenvalue weighted by atomic mass is 35.5. The van der Waals surface area contributed by atoms with Crippen LogP contribution in [0.25, 0.3) is 0 Å². The topological polar surface area (TPSA) is 43.8 Å². The SMILES string of the molecule is Cl.Cl.O=C(Cc1ccccc1)N(CO)CC(CCN1CCC(c2ccccc2)CC1)c1ccc(Cl)c(Cl)c1. The highest BCUT2D eigenvalue weighted by Gasteiger charge is 2.24. The van der Waals surface area contributed by atoms with Crippen molar-refractivity contribution in [1.82, 2.24) is 9.80 Å². The Labute approximate surface area is 248 Å². The molecule has 0 aliphatic carbocycles. The smallest absolute Gasteiger partial charge is 0.228 e. The van der Waals surface area contributed by atoms with Crippen LogP contribution in [-0.2, 0) is 11.2 Å². The van der Waals surface area contributed by atoms with Crippen LogP contribution in [0.2, 0.25) is 10.0 Å². The Kier molecular flexibility index (Phi) is 13.9. The Hall–Kier alpha value is -1.79. The monoisotopic (exact) mass is 596 g/mol. The first-order valence-corrected chi connectivity index (χ1v) is 13.4. The summed E-state index contributed by atoms with van der Waals surface area (Å²) in [6.45, 7) is 3.17. The predicted octanol–water partition coefficient (Wildman–Crippen LogP) is 7.21. The fraction of sp³-hybridized carbons (Fsp3) is 0.367. The minimum absolute atomic E-state index is 0. The molecule has 0 radical (unpaired) electrons. The number of aliphatic hydroxyl groups excluding tert-OH is 1. The lowest BCUT2D eigenvalue weighted by molar-refractivity contribution is -0.134. The lowest BCUT2D eigenvalue weighted by Crippen LogP contribution is -2.38. The van der Waals surface area contributed by atoms with Crippen molar-refractivity contribution in [1.29, 1.82) is 0 Å². The quantitative estimate of drug-likeness (QED) is 0.251. The lowest BCUT2D eigenvalue weighted by Gasteiger charge is -2.34. The molecular weight excluding hydrogens is 562 g/mol. The number of carbonyl (C=O) groups is 1. The Morgan fingerprint density at radius 2 is 1.55 bits per heavy atom. The number of benzene rings is 3. The van der Waals surface area contributed by atoms with Crippen molar-refractivity contribution in [3.63, 3.8) is 0 Å². The van der Waals surface area contributed by atoms with E-state index in [2.05, 4.69) is 35.2 Å². The third-order valence-electron chi connectivity index (χ3n) is 7.23. The summed E-state index contributed by atoms with van der Waals surface area (Å²) in [6.07, 6.45) is 3.44. The number of halogens is 4. The summed E-state index contributed by atoms with van der Waals surface area (Å²) < 4.78 is 0. The molecule has 4 nitrogen and oxygen atoms in total. The third-order valence-corrected chi connectivity index (χ3v) is 7.97. The van der Waals surface area contributed by atoms with Crippen LogP contribution in [0.3, 0.4) is 0 Å². The number of amides is 1. The summed E-state index contributed by atoms with van der Waals surface area (Å²) in [5.74, 6) is 0.574. The number of nitrogens with zero attached hydrogens (tertiary/aromatic N) is 2. The van der Waals surface area contributed by atoms with E-state index in [1.165, 1.54) is 5.56 Å². The van der Waals surface area contributed by atoms with Crippen molar-refractivity contribution < 1.29 is 9.90 Å². The highest BCUT2D eigenvalue weighted by Crippen LogP contribution is 2.31. The number of hydrogen-bond donors (Lipinski definition) is 1. The van der Waals surface area contributed by atoms with Crippen molar-refractivity contribution in [2.75, 3.05) is 32.9 Å². The first kappa shape index (κ1) is 32.4. The molecule has 0 spiro atoms. The van der Waals surface area contributed by atoms with E-state index in [1.54, 1.807) is 4.90 Å². The second-order valence-electron chi connectivity index (χ2n) is 9.61. The first-order valence-electron chi connectivity index (χ1n) is 12.7. The van der Waals surface area contributed by atoms with Gasteiger partial charge < -0.3 is 14.9 Å². The predicted molar refractivity (Wildman–Crippen MR) is 162 cm³/mol. The first-order chi connectivity index (χ1) is 17.5. The summed E-state index contributed by atoms with van der Waals surface area (Å²) in [6, 6.07) is 26.1. The number of likely N-dealkylation sites (tertiary alicyclic amines) is 1. The Morgan fingerprint density at radius 3 is 2.16 bits per heavy atom. The normalized spacial score (nSPS) is 14.7. The van der Waals surface area contributed by atoms with E-state index in [1.807, 2.05) is 48.5 Å². The van der Waals surface area contributed by atoms with E-state index in [0.717, 1.165) is 50.0 Å². The second-order valence-corrected chi connectivity index (χ2v) is 10.4. The van der Waals surface area contributed by atoms with Gasteiger partial charge in [-0.2, -0.15) is 0 Å². The van der Waals surface area contributed by atoms with Gasteiger partial charge in [-0.05, 0) is 73.6 Å². The van der Waals surface area contributed by atoms with Gasteiger partial charge in [0.15, 0.2) is 0 Å². The molecule has 1 aliphatic heterocycles. The van der Waals surface area contributed by atoms with Crippen LogP contribution in [0.5, 0.6) is 0 Å². The van der Waals surface area contributed by atoms with Gasteiger partial charge >= 0.3 is 0 Å². The van der Waals surface area contributed by atoms with Gasteiger partial charge in [0.1, 0.15) is 6.73 Å². The maximum atomic E-state index is 13.0. The molecule has 1 N–H and O–H groups in total. The molecule has 0 bridgehead atoms. The summed E-state index contributed by atoms with van der Waals surface area (Å²) in [7, 11) is 0. The zero-order valence-corrected chi connectivity index (χ0v) is 24.5. The van der Waals surface area contributed by atoms with E-state index >= 15 is 0 Å². The average Bonchev–Trinajstić information content (AvgIpc) is 2.92. The largest absolute Gasteiger partial charge is 0.376 e. The maximum absolute atomic E-state index is 13.0. The third kappa shape index (κ3) is 9.15. The fourth-order valence-electron chi connectivity index (χ4n) is 5.07. The van der Waals surface area contributed by atoms with Gasteiger partial charge in [0.25, 0.3) is 0 Å². The molecule has 38 heavy (non-hydrogen) atoms. The number of carbonyl (C=O) groups excluding carboxylic acids is 1. The minimum atomic E-state index is -0.314. The van der Waals surface area contributed by atoms with E-state index in [0.29, 0.717) is 22.5 Å². The molecule has 1 unspecified atom stereocenters. The molecule has 3 aromatic carbocycles. The molecule has 1 aliphatic rings. The van der Waals surface area contributed by atoms with Crippen LogP contribution in [0.4, 0.5) is 0 Å². The molecule has 1 atom stereocenters. The molecule has 0 aromatic heterocycles. The Morgan fingerprint density at radius 1 is 0.921 bits per heavy atom. The molecule has 8 heteroatoms. The highest BCUT2D eigenvalue weighted by molar-refractivity contribution is 6.42. The van der Waals surface area contributed by atoms with Gasteiger partial charge in [-0.1, -0.05) is 89.9 Å². The van der Waals surface area contributed by atoms with Crippen LogP contribution in [0, 0.1) is 0 Å². The summed E-state index contributed by atoms with van der Waals surface area (Å²) in [5.41, 5.74) is 3.41. The van der Waals surface area contributed by atoms with Crippen LogP contribution < -0.4 is 0 Å². The summed E-state index contributed by atoms with van der Waals surface area (Å²) in [4.78, 5) is 17.1. The van der Waals surface area contributed by atoms with E-state index in [9.17, 15) is 9.90 Å². The van der Waals surface area contributed by atoms with E-state index in [4.69, 9.17) is 23.2 Å². The van der Waals surface area contributed by atoms with Crippen LogP contribution in [-0.4, -0.2) is 53.7 Å². The van der Waals surface area contributed by atoms with Crippen molar-refractivity contribution in [3.05, 3.63) is 106 Å². The van der Waals surface area contributed by atoms with Crippen LogP contribution >= 0.6 is 48.0 Å². The number of piperidine rings is 1. The molecular formula is C30H36Cl4N2O2. The summed E-state index contributed by atoms with van der Waals surface area (Å²) in [5, 5.41) is 11.1. The van der Waals surface area contributed by atoms with Gasteiger partial charge in [-0.15, -0.1) is 24.8 Å². The fourth-order valence-corrected chi connectivity index (χ4v) is 5.38. The Balaban J connectivity index is 0.00000253. The maximum Gasteiger partial charge on any atom is 0.228 e. The summed E-state index contributed by atoms with van der Waals surface area (Å²) >= 11 is 12.5. The average molecular weight is 598 g/mol. The van der Waals surface area contributed by atoms with Crippen molar-refractivity contribution in [2.45, 2.75) is 37.5 Å². The minimum Gasteiger partial charge on any atom is -0.376 e. The zero-order chi connectivity index (χ0) is 25.3. The van der Waals surface area contributed by atoms with Gasteiger partial charge in [0.05, 0.1) is 16.5 Å². The number of aliphatic hydroxyl groups is 1. The van der Waals surface area contributed by atoms with Crippen molar-refractivity contribution in [2.24, 2.45) is 0 Å². The van der Waals surface area contributed by atoms with Gasteiger partial charge in [-0.25, -0.2) is 0 Å². The van der Waals surface area contributed by atoms with Gasteiger partial charge in [-0.3, -0.25) is 4.79 Å². The lowest BCUT2D eigenvalue weighted by atomic mass is 9.89. The Bertz CT molecular complexity index is 1110. The molecule has 1 heterocycles. The van der Waals surface area contributed by atoms with Gasteiger partial charge in [0, 0.05) is 12.5 Å².